The number of carbonyl (C=O) groups is 2. The van der Waals surface area contributed by atoms with Gasteiger partial charge in [0, 0.05) is 51.2 Å². The van der Waals surface area contributed by atoms with Crippen molar-refractivity contribution in [2.45, 2.75) is 50.5 Å². The molecule has 2 aromatic rings. The summed E-state index contributed by atoms with van der Waals surface area (Å²) in [4.78, 5) is 28.6. The van der Waals surface area contributed by atoms with Gasteiger partial charge in [0.25, 0.3) is 0 Å². The monoisotopic (exact) mass is 587 g/mol. The number of nitrogens with one attached hydrogen (secondary N) is 1. The Balaban J connectivity index is 1.58. The summed E-state index contributed by atoms with van der Waals surface area (Å²) >= 11 is 5.34. The van der Waals surface area contributed by atoms with Crippen LogP contribution in [0.25, 0.3) is 0 Å². The Bertz CT molecular complexity index is 1260. The molecule has 37 heavy (non-hydrogen) atoms. The van der Waals surface area contributed by atoms with Crippen LogP contribution < -0.4 is 14.8 Å². The smallest absolute Gasteiger partial charge is 0.336 e. The van der Waals surface area contributed by atoms with Crippen LogP contribution in [-0.4, -0.2) is 45.3 Å². The Morgan fingerprint density at radius 1 is 1.22 bits per heavy atom. The molecular weight excluding hydrogens is 558 g/mol. The van der Waals surface area contributed by atoms with Gasteiger partial charge in [-0.15, -0.1) is 11.3 Å². The molecule has 1 saturated heterocycles. The Labute approximate surface area is 228 Å². The second kappa shape index (κ2) is 11.0. The first-order valence-corrected chi connectivity index (χ1v) is 14.1. The fourth-order valence-electron chi connectivity index (χ4n) is 5.46. The second-order valence-electron chi connectivity index (χ2n) is 9.49. The average Bonchev–Trinajstić information content (AvgIpc) is 3.61. The number of allylic oxidation sites excluding steroid dienone is 3. The lowest BCUT2D eigenvalue weighted by atomic mass is 9.72. The van der Waals surface area contributed by atoms with Gasteiger partial charge in [0.05, 0.1) is 25.9 Å². The Morgan fingerprint density at radius 3 is 2.68 bits per heavy atom. The minimum atomic E-state index is -0.612. The molecule has 3 aliphatic rings. The van der Waals surface area contributed by atoms with Gasteiger partial charge in [0.15, 0.2) is 17.3 Å². The van der Waals surface area contributed by atoms with Gasteiger partial charge in [0.1, 0.15) is 6.61 Å². The van der Waals surface area contributed by atoms with Crippen molar-refractivity contribution in [3.05, 3.63) is 67.1 Å². The maximum Gasteiger partial charge on any atom is 0.336 e. The summed E-state index contributed by atoms with van der Waals surface area (Å²) in [5.74, 6) is 0.138. The molecule has 0 saturated carbocycles. The number of esters is 1. The van der Waals surface area contributed by atoms with Crippen LogP contribution in [-0.2, 0) is 19.1 Å². The molecular formula is C28H30BrNO6S. The first-order chi connectivity index (χ1) is 17.9. The van der Waals surface area contributed by atoms with Crippen molar-refractivity contribution in [2.24, 2.45) is 0 Å². The normalized spacial score (nSPS) is 23.6. The number of halogens is 1. The van der Waals surface area contributed by atoms with E-state index >= 15 is 0 Å². The summed E-state index contributed by atoms with van der Waals surface area (Å²) in [6, 6.07) is 7.74. The molecule has 0 spiro atoms. The van der Waals surface area contributed by atoms with E-state index in [4.69, 9.17) is 18.9 Å². The van der Waals surface area contributed by atoms with Crippen molar-refractivity contribution in [2.75, 3.05) is 27.4 Å². The number of benzene rings is 1. The Kier molecular flexibility index (Phi) is 7.74. The third kappa shape index (κ3) is 5.09. The summed E-state index contributed by atoms with van der Waals surface area (Å²) < 4.78 is 23.2. The number of ketones is 1. The molecule has 1 aromatic heterocycles. The van der Waals surface area contributed by atoms with Crippen LogP contribution in [0.1, 0.15) is 54.9 Å². The Morgan fingerprint density at radius 2 is 2.00 bits per heavy atom. The zero-order valence-corrected chi connectivity index (χ0v) is 23.5. The molecule has 7 nitrogen and oxygen atoms in total. The van der Waals surface area contributed by atoms with Gasteiger partial charge in [-0.05, 0) is 55.3 Å². The van der Waals surface area contributed by atoms with Crippen molar-refractivity contribution in [1.82, 2.24) is 5.32 Å². The molecule has 0 amide bonds. The van der Waals surface area contributed by atoms with E-state index in [1.54, 1.807) is 25.6 Å². The molecule has 3 atom stereocenters. The number of rotatable bonds is 7. The molecule has 1 aromatic carbocycles. The minimum Gasteiger partial charge on any atom is -0.493 e. The van der Waals surface area contributed by atoms with Crippen molar-refractivity contribution in [1.29, 1.82) is 0 Å². The van der Waals surface area contributed by atoms with Gasteiger partial charge in [-0.1, -0.05) is 22.0 Å². The molecule has 2 aliphatic heterocycles. The topological polar surface area (TPSA) is 83.1 Å². The van der Waals surface area contributed by atoms with E-state index in [0.717, 1.165) is 24.1 Å². The average molecular weight is 589 g/mol. The predicted molar refractivity (Wildman–Crippen MR) is 144 cm³/mol. The lowest BCUT2D eigenvalue weighted by Crippen LogP contribution is -2.36. The summed E-state index contributed by atoms with van der Waals surface area (Å²) in [5, 5.41) is 5.45. The van der Waals surface area contributed by atoms with E-state index in [1.165, 1.54) is 4.88 Å². The van der Waals surface area contributed by atoms with Crippen molar-refractivity contribution in [3.8, 4) is 11.5 Å². The number of methoxy groups -OCH3 is 2. The summed E-state index contributed by atoms with van der Waals surface area (Å²) in [5.41, 5.74) is 3.32. The summed E-state index contributed by atoms with van der Waals surface area (Å²) in [7, 11) is 3.14. The van der Waals surface area contributed by atoms with E-state index in [2.05, 4.69) is 27.3 Å². The zero-order chi connectivity index (χ0) is 26.1. The van der Waals surface area contributed by atoms with Gasteiger partial charge in [-0.2, -0.15) is 0 Å². The summed E-state index contributed by atoms with van der Waals surface area (Å²) in [6.07, 6.45) is 2.82. The maximum atomic E-state index is 13.8. The van der Waals surface area contributed by atoms with Gasteiger partial charge in [-0.3, -0.25) is 4.79 Å². The fourth-order valence-corrected chi connectivity index (χ4v) is 6.84. The Hall–Kier alpha value is -2.62. The van der Waals surface area contributed by atoms with Crippen LogP contribution in [0.4, 0.5) is 0 Å². The zero-order valence-electron chi connectivity index (χ0n) is 21.1. The van der Waals surface area contributed by atoms with Crippen LogP contribution in [0.5, 0.6) is 11.5 Å². The molecule has 1 N–H and O–H groups in total. The molecule has 3 heterocycles. The summed E-state index contributed by atoms with van der Waals surface area (Å²) in [6.45, 7) is 2.74. The van der Waals surface area contributed by atoms with E-state index in [1.807, 2.05) is 30.5 Å². The molecule has 1 aliphatic carbocycles. The van der Waals surface area contributed by atoms with E-state index in [-0.39, 0.29) is 24.4 Å². The number of thiophene rings is 1. The van der Waals surface area contributed by atoms with E-state index in [0.29, 0.717) is 52.3 Å². The number of carbonyl (C=O) groups excluding carboxylic acids is 2. The lowest BCUT2D eigenvalue weighted by molar-refractivity contribution is -0.142. The van der Waals surface area contributed by atoms with E-state index < -0.39 is 11.9 Å². The third-order valence-electron chi connectivity index (χ3n) is 7.23. The highest BCUT2D eigenvalue weighted by atomic mass is 79.9. The third-order valence-corrected chi connectivity index (χ3v) is 8.95. The molecule has 0 bridgehead atoms. The highest BCUT2D eigenvalue weighted by Gasteiger charge is 2.42. The van der Waals surface area contributed by atoms with Gasteiger partial charge in [0.2, 0.25) is 0 Å². The van der Waals surface area contributed by atoms with E-state index in [9.17, 15) is 9.59 Å². The largest absolute Gasteiger partial charge is 0.493 e. The molecule has 1 fully saturated rings. The maximum absolute atomic E-state index is 13.8. The predicted octanol–water partition coefficient (Wildman–Crippen LogP) is 5.61. The molecule has 5 rings (SSSR count). The number of ether oxygens (including phenoxy) is 4. The van der Waals surface area contributed by atoms with Gasteiger partial charge < -0.3 is 24.3 Å². The number of hydrogen-bond donors (Lipinski definition) is 1. The molecule has 9 heteroatoms. The van der Waals surface area contributed by atoms with Crippen molar-refractivity contribution in [3.63, 3.8) is 0 Å². The second-order valence-corrected chi connectivity index (χ2v) is 11.3. The molecule has 0 unspecified atom stereocenters. The molecule has 196 valence electrons. The minimum absolute atomic E-state index is 0.0239. The molecule has 0 radical (unpaired) electrons. The van der Waals surface area contributed by atoms with Crippen LogP contribution >= 0.6 is 27.3 Å². The van der Waals surface area contributed by atoms with Crippen molar-refractivity contribution < 1.29 is 28.5 Å². The SMILES string of the molecule is COc1cc(Br)c([C@@H]2C(C(=O)OC[C@@H]3CCCO3)=C(C)NC3=C2C(=O)C[C@@H](c2cccs2)C3)cc1OC. The van der Waals surface area contributed by atoms with Crippen LogP contribution in [0.15, 0.2) is 56.7 Å². The number of dihydropyridines is 1. The quantitative estimate of drug-likeness (QED) is 0.421. The van der Waals surface area contributed by atoms with Crippen molar-refractivity contribution >= 4 is 39.0 Å². The first-order valence-electron chi connectivity index (χ1n) is 12.4. The van der Waals surface area contributed by atoms with Gasteiger partial charge >= 0.3 is 5.97 Å². The lowest BCUT2D eigenvalue weighted by Gasteiger charge is -2.37. The number of hydrogen-bond acceptors (Lipinski definition) is 8. The standard InChI is InChI=1S/C28H30BrNO6S/c1-15-25(28(32)36-14-17-6-4-8-35-17)26(18-12-22(33-2)23(34-3)13-19(18)29)27-20(30-15)10-16(11-21(27)31)24-7-5-9-37-24/h5,7,9,12-13,16-17,26,30H,4,6,8,10-11,14H2,1-3H3/t16-,17-,26+/m0/s1. The first kappa shape index (κ1) is 26.0. The van der Waals surface area contributed by atoms with Crippen LogP contribution in [0, 0.1) is 0 Å². The van der Waals surface area contributed by atoms with Crippen LogP contribution in [0.3, 0.4) is 0 Å². The van der Waals surface area contributed by atoms with Gasteiger partial charge in [-0.25, -0.2) is 4.79 Å². The fraction of sp³-hybridized carbons (Fsp3) is 0.429. The highest BCUT2D eigenvalue weighted by molar-refractivity contribution is 9.10. The highest BCUT2D eigenvalue weighted by Crippen LogP contribution is 2.49. The number of Topliss-reactive ketones (excluding diaryl/α,β-unsaturated/α-hetero) is 1. The van der Waals surface area contributed by atoms with Crippen LogP contribution in [0.2, 0.25) is 0 Å².